The van der Waals surface area contributed by atoms with Crippen molar-refractivity contribution in [3.8, 4) is 0 Å². The predicted molar refractivity (Wildman–Crippen MR) is 71.8 cm³/mol. The molecule has 0 aromatic carbocycles. The van der Waals surface area contributed by atoms with Gasteiger partial charge in [-0.3, -0.25) is 0 Å². The second kappa shape index (κ2) is 9.00. The first-order chi connectivity index (χ1) is 7.79. The van der Waals surface area contributed by atoms with Gasteiger partial charge in [-0.25, -0.2) is 0 Å². The Labute approximate surface area is 102 Å². The quantitative estimate of drug-likeness (QED) is 0.530. The normalized spacial score (nSPS) is 18.9. The third kappa shape index (κ3) is 7.24. The van der Waals surface area contributed by atoms with E-state index in [0.29, 0.717) is 0 Å². The lowest BCUT2D eigenvalue weighted by Crippen LogP contribution is -2.24. The monoisotopic (exact) mass is 226 g/mol. The van der Waals surface area contributed by atoms with Crippen molar-refractivity contribution in [1.29, 1.82) is 0 Å². The fourth-order valence-corrected chi connectivity index (χ4v) is 2.55. The van der Waals surface area contributed by atoms with Crippen LogP contribution in [0.5, 0.6) is 0 Å². The molecular formula is C14H30N2. The molecule has 0 saturated heterocycles. The van der Waals surface area contributed by atoms with Gasteiger partial charge in [-0.05, 0) is 65.3 Å². The van der Waals surface area contributed by atoms with Crippen LogP contribution in [0.4, 0.5) is 0 Å². The maximum Gasteiger partial charge on any atom is -0.00205 e. The molecule has 0 aromatic rings. The Morgan fingerprint density at radius 1 is 1.00 bits per heavy atom. The fraction of sp³-hybridized carbons (Fsp3) is 1.00. The third-order valence-electron chi connectivity index (χ3n) is 3.62. The van der Waals surface area contributed by atoms with Crippen molar-refractivity contribution in [1.82, 2.24) is 10.2 Å². The van der Waals surface area contributed by atoms with Crippen LogP contribution in [0.3, 0.4) is 0 Å². The zero-order valence-electron chi connectivity index (χ0n) is 11.3. The van der Waals surface area contributed by atoms with Gasteiger partial charge in [0.2, 0.25) is 0 Å². The molecule has 1 saturated carbocycles. The van der Waals surface area contributed by atoms with E-state index in [1.165, 1.54) is 71.0 Å². The Bertz CT molecular complexity index is 149. The largest absolute Gasteiger partial charge is 0.316 e. The molecule has 2 nitrogen and oxygen atoms in total. The van der Waals surface area contributed by atoms with Gasteiger partial charge in [0, 0.05) is 0 Å². The molecule has 2 heteroatoms. The summed E-state index contributed by atoms with van der Waals surface area (Å²) in [5, 5.41) is 3.64. The smallest absolute Gasteiger partial charge is 0.00205 e. The van der Waals surface area contributed by atoms with E-state index in [1.54, 1.807) is 0 Å². The number of nitrogens with zero attached hydrogens (tertiary/aromatic N) is 1. The summed E-state index contributed by atoms with van der Waals surface area (Å²) in [6.07, 6.45) is 11.4. The Morgan fingerprint density at radius 2 is 1.69 bits per heavy atom. The maximum atomic E-state index is 3.64. The highest BCUT2D eigenvalue weighted by atomic mass is 15.0. The number of hydrogen-bond donors (Lipinski definition) is 1. The highest BCUT2D eigenvalue weighted by Crippen LogP contribution is 2.21. The molecule has 0 unspecified atom stereocenters. The van der Waals surface area contributed by atoms with Gasteiger partial charge < -0.3 is 10.2 Å². The average molecular weight is 226 g/mol. The van der Waals surface area contributed by atoms with Crippen LogP contribution in [0, 0.1) is 5.92 Å². The van der Waals surface area contributed by atoms with E-state index in [1.807, 2.05) is 0 Å². The summed E-state index contributed by atoms with van der Waals surface area (Å²) in [4.78, 5) is 2.27. The topological polar surface area (TPSA) is 15.3 Å². The van der Waals surface area contributed by atoms with Crippen LogP contribution in [0.1, 0.15) is 51.4 Å². The van der Waals surface area contributed by atoms with Crippen LogP contribution in [0.2, 0.25) is 0 Å². The molecule has 0 bridgehead atoms. The lowest BCUT2D eigenvalue weighted by Gasteiger charge is -2.15. The van der Waals surface area contributed by atoms with Crippen LogP contribution < -0.4 is 5.32 Å². The van der Waals surface area contributed by atoms with E-state index in [0.717, 1.165) is 5.92 Å². The van der Waals surface area contributed by atoms with Crippen LogP contribution in [0.15, 0.2) is 0 Å². The number of nitrogens with one attached hydrogen (secondary N) is 1. The number of hydrogen-bond acceptors (Lipinski definition) is 2. The fourth-order valence-electron chi connectivity index (χ4n) is 2.55. The number of unbranched alkanes of at least 4 members (excludes halogenated alkanes) is 1. The molecule has 0 aliphatic heterocycles. The average Bonchev–Trinajstić information content (AvgIpc) is 2.51. The first-order valence-electron chi connectivity index (χ1n) is 7.14. The van der Waals surface area contributed by atoms with Gasteiger partial charge >= 0.3 is 0 Å². The molecule has 0 atom stereocenters. The van der Waals surface area contributed by atoms with Gasteiger partial charge in [-0.2, -0.15) is 0 Å². The van der Waals surface area contributed by atoms with E-state index >= 15 is 0 Å². The van der Waals surface area contributed by atoms with Crippen molar-refractivity contribution < 1.29 is 0 Å². The first-order valence-corrected chi connectivity index (χ1v) is 7.14. The lowest BCUT2D eigenvalue weighted by molar-refractivity contribution is 0.383. The summed E-state index contributed by atoms with van der Waals surface area (Å²) in [6, 6.07) is 0. The van der Waals surface area contributed by atoms with E-state index in [9.17, 15) is 0 Å². The summed E-state index contributed by atoms with van der Waals surface area (Å²) >= 11 is 0. The van der Waals surface area contributed by atoms with Gasteiger partial charge in [0.05, 0.1) is 0 Å². The van der Waals surface area contributed by atoms with Crippen molar-refractivity contribution >= 4 is 0 Å². The van der Waals surface area contributed by atoms with Gasteiger partial charge in [-0.1, -0.05) is 25.7 Å². The van der Waals surface area contributed by atoms with Crippen LogP contribution in [-0.4, -0.2) is 38.6 Å². The van der Waals surface area contributed by atoms with Crippen LogP contribution >= 0.6 is 0 Å². The van der Waals surface area contributed by atoms with E-state index < -0.39 is 0 Å². The second-order valence-electron chi connectivity index (χ2n) is 5.57. The SMILES string of the molecule is CN(C)CCCCNCC1CCCCCC1. The summed E-state index contributed by atoms with van der Waals surface area (Å²) in [5.74, 6) is 0.969. The number of rotatable bonds is 7. The molecule has 0 aromatic heterocycles. The van der Waals surface area contributed by atoms with Crippen LogP contribution in [0.25, 0.3) is 0 Å². The molecule has 0 amide bonds. The molecular weight excluding hydrogens is 196 g/mol. The molecule has 0 radical (unpaired) electrons. The Balaban J connectivity index is 1.89. The zero-order chi connectivity index (χ0) is 11.6. The van der Waals surface area contributed by atoms with Crippen molar-refractivity contribution in [2.45, 2.75) is 51.4 Å². The molecule has 1 aliphatic rings. The van der Waals surface area contributed by atoms with Gasteiger partial charge in [0.1, 0.15) is 0 Å². The minimum atomic E-state index is 0.969. The van der Waals surface area contributed by atoms with Crippen molar-refractivity contribution in [2.24, 2.45) is 5.92 Å². The van der Waals surface area contributed by atoms with Gasteiger partial charge in [-0.15, -0.1) is 0 Å². The minimum absolute atomic E-state index is 0.969. The summed E-state index contributed by atoms with van der Waals surface area (Å²) in [5.41, 5.74) is 0. The van der Waals surface area contributed by atoms with E-state index in [2.05, 4.69) is 24.3 Å². The Hall–Kier alpha value is -0.0800. The third-order valence-corrected chi connectivity index (χ3v) is 3.62. The highest BCUT2D eigenvalue weighted by molar-refractivity contribution is 4.66. The molecule has 1 N–H and O–H groups in total. The maximum absolute atomic E-state index is 3.64. The van der Waals surface area contributed by atoms with E-state index in [-0.39, 0.29) is 0 Å². The molecule has 1 rings (SSSR count). The van der Waals surface area contributed by atoms with E-state index in [4.69, 9.17) is 0 Å². The van der Waals surface area contributed by atoms with Gasteiger partial charge in [0.25, 0.3) is 0 Å². The first kappa shape index (κ1) is 14.0. The van der Waals surface area contributed by atoms with Crippen molar-refractivity contribution in [3.05, 3.63) is 0 Å². The predicted octanol–water partition coefficient (Wildman–Crippen LogP) is 2.89. The highest BCUT2D eigenvalue weighted by Gasteiger charge is 2.10. The lowest BCUT2D eigenvalue weighted by atomic mass is 10.0. The van der Waals surface area contributed by atoms with Gasteiger partial charge in [0.15, 0.2) is 0 Å². The van der Waals surface area contributed by atoms with Crippen molar-refractivity contribution in [2.75, 3.05) is 33.7 Å². The Morgan fingerprint density at radius 3 is 2.31 bits per heavy atom. The standard InChI is InChI=1S/C14H30N2/c1-16(2)12-8-7-11-15-13-14-9-5-3-4-6-10-14/h14-15H,3-13H2,1-2H3. The summed E-state index contributed by atoms with van der Waals surface area (Å²) in [7, 11) is 4.30. The molecule has 96 valence electrons. The van der Waals surface area contributed by atoms with Crippen molar-refractivity contribution in [3.63, 3.8) is 0 Å². The molecule has 1 fully saturated rings. The molecule has 1 aliphatic carbocycles. The zero-order valence-corrected chi connectivity index (χ0v) is 11.3. The molecule has 0 spiro atoms. The summed E-state index contributed by atoms with van der Waals surface area (Å²) in [6.45, 7) is 3.71. The summed E-state index contributed by atoms with van der Waals surface area (Å²) < 4.78 is 0. The second-order valence-corrected chi connectivity index (χ2v) is 5.57. The Kier molecular flexibility index (Phi) is 7.87. The molecule has 16 heavy (non-hydrogen) atoms. The minimum Gasteiger partial charge on any atom is -0.316 e. The molecule has 0 heterocycles. The van der Waals surface area contributed by atoms with Crippen LogP contribution in [-0.2, 0) is 0 Å².